The molecule has 1 atom stereocenters. The van der Waals surface area contributed by atoms with E-state index in [-0.39, 0.29) is 45.5 Å². The number of anilines is 1. The Morgan fingerprint density at radius 3 is 2.00 bits per heavy atom. The zero-order chi connectivity index (χ0) is 31.9. The van der Waals surface area contributed by atoms with E-state index in [1.165, 1.54) is 29.2 Å². The van der Waals surface area contributed by atoms with E-state index in [1.807, 2.05) is 44.2 Å². The summed E-state index contributed by atoms with van der Waals surface area (Å²) in [5, 5.41) is 3.41. The molecule has 7 nitrogen and oxygen atoms in total. The molecule has 0 saturated heterocycles. The minimum absolute atomic E-state index is 0.0281. The summed E-state index contributed by atoms with van der Waals surface area (Å²) in [5.74, 6) is -1.03. The summed E-state index contributed by atoms with van der Waals surface area (Å²) in [4.78, 5) is 29.5. The third-order valence-electron chi connectivity index (χ3n) is 6.81. The monoisotopic (exact) mass is 671 g/mol. The molecule has 0 fully saturated rings. The summed E-state index contributed by atoms with van der Waals surface area (Å²) < 4.78 is 29.0. The molecule has 230 valence electrons. The van der Waals surface area contributed by atoms with Gasteiger partial charge in [-0.25, -0.2) is 8.42 Å². The SMILES string of the molecule is CC(C)NC(=O)[C@H](Cc1ccccc1)N(Cc1ccccc1Cl)C(=O)CN(c1cccc(Cl)c1Cl)S(=O)(=O)c1ccccc1. The van der Waals surface area contributed by atoms with Crippen LogP contribution in [0.5, 0.6) is 0 Å². The molecule has 0 radical (unpaired) electrons. The summed E-state index contributed by atoms with van der Waals surface area (Å²) in [6.45, 7) is 2.94. The van der Waals surface area contributed by atoms with Gasteiger partial charge in [-0.05, 0) is 55.3 Å². The van der Waals surface area contributed by atoms with Gasteiger partial charge in [0.15, 0.2) is 0 Å². The van der Waals surface area contributed by atoms with Crippen molar-refractivity contribution < 1.29 is 18.0 Å². The van der Waals surface area contributed by atoms with Gasteiger partial charge in [-0.1, -0.05) is 108 Å². The van der Waals surface area contributed by atoms with Crippen molar-refractivity contribution in [3.63, 3.8) is 0 Å². The van der Waals surface area contributed by atoms with Crippen LogP contribution in [0.25, 0.3) is 0 Å². The van der Waals surface area contributed by atoms with Crippen LogP contribution in [-0.4, -0.2) is 43.8 Å². The van der Waals surface area contributed by atoms with Crippen molar-refractivity contribution in [2.24, 2.45) is 0 Å². The van der Waals surface area contributed by atoms with Gasteiger partial charge in [-0.3, -0.25) is 13.9 Å². The molecule has 11 heteroatoms. The average Bonchev–Trinajstić information content (AvgIpc) is 3.00. The van der Waals surface area contributed by atoms with E-state index in [2.05, 4.69) is 5.32 Å². The maximum atomic E-state index is 14.5. The number of carbonyl (C=O) groups is 2. The number of rotatable bonds is 12. The van der Waals surface area contributed by atoms with E-state index in [1.54, 1.807) is 48.5 Å². The lowest BCUT2D eigenvalue weighted by Crippen LogP contribution is -2.54. The van der Waals surface area contributed by atoms with Gasteiger partial charge >= 0.3 is 0 Å². The third-order valence-corrected chi connectivity index (χ3v) is 9.76. The fourth-order valence-corrected chi connectivity index (χ4v) is 6.75. The van der Waals surface area contributed by atoms with Crippen molar-refractivity contribution in [1.29, 1.82) is 0 Å². The number of hydrogen-bond donors (Lipinski definition) is 1. The normalized spacial score (nSPS) is 12.0. The Labute approximate surface area is 273 Å². The number of amides is 2. The Hall–Kier alpha value is -3.56. The zero-order valence-electron chi connectivity index (χ0n) is 24.2. The highest BCUT2D eigenvalue weighted by molar-refractivity contribution is 7.92. The maximum Gasteiger partial charge on any atom is 0.264 e. The van der Waals surface area contributed by atoms with Crippen molar-refractivity contribution in [3.05, 3.63) is 129 Å². The fourth-order valence-electron chi connectivity index (χ4n) is 4.66. The molecule has 0 aliphatic heterocycles. The number of carbonyl (C=O) groups excluding carboxylic acids is 2. The summed E-state index contributed by atoms with van der Waals surface area (Å²) >= 11 is 19.3. The highest BCUT2D eigenvalue weighted by atomic mass is 35.5. The average molecular weight is 673 g/mol. The van der Waals surface area contributed by atoms with E-state index >= 15 is 0 Å². The predicted molar refractivity (Wildman–Crippen MR) is 177 cm³/mol. The van der Waals surface area contributed by atoms with Crippen molar-refractivity contribution >= 4 is 62.3 Å². The molecule has 4 rings (SSSR count). The van der Waals surface area contributed by atoms with Crippen molar-refractivity contribution in [2.45, 2.75) is 43.8 Å². The Balaban J connectivity index is 1.84. The van der Waals surface area contributed by atoms with Gasteiger partial charge in [0.05, 0.1) is 20.6 Å². The van der Waals surface area contributed by atoms with Gasteiger partial charge in [0.25, 0.3) is 10.0 Å². The maximum absolute atomic E-state index is 14.5. The second kappa shape index (κ2) is 14.9. The van der Waals surface area contributed by atoms with Crippen LogP contribution < -0.4 is 9.62 Å². The van der Waals surface area contributed by atoms with E-state index < -0.39 is 28.5 Å². The van der Waals surface area contributed by atoms with Crippen molar-refractivity contribution in [3.8, 4) is 0 Å². The highest BCUT2D eigenvalue weighted by Crippen LogP contribution is 2.35. The van der Waals surface area contributed by atoms with Crippen LogP contribution in [0.1, 0.15) is 25.0 Å². The molecule has 0 saturated carbocycles. The van der Waals surface area contributed by atoms with Crippen LogP contribution in [0.3, 0.4) is 0 Å². The molecule has 2 amide bonds. The zero-order valence-corrected chi connectivity index (χ0v) is 27.2. The highest BCUT2D eigenvalue weighted by Gasteiger charge is 2.35. The number of sulfonamides is 1. The second-order valence-corrected chi connectivity index (χ2v) is 13.4. The van der Waals surface area contributed by atoms with E-state index in [0.29, 0.717) is 10.6 Å². The largest absolute Gasteiger partial charge is 0.352 e. The number of hydrogen-bond acceptors (Lipinski definition) is 4. The van der Waals surface area contributed by atoms with E-state index in [0.717, 1.165) is 9.87 Å². The summed E-state index contributed by atoms with van der Waals surface area (Å²) in [7, 11) is -4.31. The molecule has 0 aliphatic carbocycles. The molecule has 4 aromatic carbocycles. The Morgan fingerprint density at radius 2 is 1.36 bits per heavy atom. The molecule has 0 spiro atoms. The van der Waals surface area contributed by atoms with Crippen LogP contribution in [-0.2, 0) is 32.6 Å². The molecule has 0 unspecified atom stereocenters. The van der Waals surface area contributed by atoms with Gasteiger partial charge in [-0.2, -0.15) is 0 Å². The van der Waals surface area contributed by atoms with Gasteiger partial charge < -0.3 is 10.2 Å². The lowest BCUT2D eigenvalue weighted by Gasteiger charge is -2.34. The van der Waals surface area contributed by atoms with E-state index in [4.69, 9.17) is 34.8 Å². The second-order valence-electron chi connectivity index (χ2n) is 10.4. The number of halogens is 3. The van der Waals surface area contributed by atoms with Crippen LogP contribution in [0.2, 0.25) is 15.1 Å². The Bertz CT molecular complexity index is 1700. The van der Waals surface area contributed by atoms with Gasteiger partial charge in [0, 0.05) is 24.0 Å². The predicted octanol–water partition coefficient (Wildman–Crippen LogP) is 7.01. The number of nitrogens with one attached hydrogen (secondary N) is 1. The minimum atomic E-state index is -4.31. The van der Waals surface area contributed by atoms with E-state index in [9.17, 15) is 18.0 Å². The first-order chi connectivity index (χ1) is 21.0. The van der Waals surface area contributed by atoms with Crippen LogP contribution >= 0.6 is 34.8 Å². The first-order valence-corrected chi connectivity index (χ1v) is 16.5. The van der Waals surface area contributed by atoms with Crippen LogP contribution in [0.15, 0.2) is 108 Å². The number of nitrogens with zero attached hydrogens (tertiary/aromatic N) is 2. The van der Waals surface area contributed by atoms with Gasteiger partial charge in [0.2, 0.25) is 11.8 Å². The van der Waals surface area contributed by atoms with Gasteiger partial charge in [0.1, 0.15) is 12.6 Å². The van der Waals surface area contributed by atoms with Crippen LogP contribution in [0.4, 0.5) is 5.69 Å². The molecule has 4 aromatic rings. The first kappa shape index (κ1) is 33.3. The minimum Gasteiger partial charge on any atom is -0.352 e. The summed E-state index contributed by atoms with van der Waals surface area (Å²) in [6, 6.07) is 27.4. The fraction of sp³-hybridized carbons (Fsp3) is 0.212. The molecular formula is C33H32Cl3N3O4S. The lowest BCUT2D eigenvalue weighted by atomic mass is 10.0. The first-order valence-electron chi connectivity index (χ1n) is 13.9. The van der Waals surface area contributed by atoms with Crippen LogP contribution in [0, 0.1) is 0 Å². The lowest BCUT2D eigenvalue weighted by molar-refractivity contribution is -0.140. The summed E-state index contributed by atoms with van der Waals surface area (Å²) in [6.07, 6.45) is 0.180. The molecule has 0 bridgehead atoms. The third kappa shape index (κ3) is 8.12. The van der Waals surface area contributed by atoms with Crippen molar-refractivity contribution in [1.82, 2.24) is 10.2 Å². The Morgan fingerprint density at radius 1 is 0.773 bits per heavy atom. The molecular weight excluding hydrogens is 641 g/mol. The molecule has 1 N–H and O–H groups in total. The number of benzene rings is 4. The topological polar surface area (TPSA) is 86.8 Å². The smallest absolute Gasteiger partial charge is 0.264 e. The molecule has 0 aliphatic rings. The molecule has 0 heterocycles. The standard InChI is InChI=1S/C33H32Cl3N3O4S/c1-23(2)37-33(41)30(20-24-12-5-3-6-13-24)38(21-25-14-9-10-17-27(25)34)31(40)22-39(29-19-11-18-28(35)32(29)36)44(42,43)26-15-7-4-8-16-26/h3-19,23,30H,20-22H2,1-2H3,(H,37,41)/t30-/m0/s1. The quantitative estimate of drug-likeness (QED) is 0.176. The molecule has 44 heavy (non-hydrogen) atoms. The Kier molecular flexibility index (Phi) is 11.3. The summed E-state index contributed by atoms with van der Waals surface area (Å²) in [5.41, 5.74) is 1.44. The van der Waals surface area contributed by atoms with Gasteiger partial charge in [-0.15, -0.1) is 0 Å². The van der Waals surface area contributed by atoms with Crippen molar-refractivity contribution in [2.75, 3.05) is 10.8 Å². The molecule has 0 aromatic heterocycles.